The molecule has 0 aliphatic rings. The summed E-state index contributed by atoms with van der Waals surface area (Å²) in [5.74, 6) is -0.406. The lowest BCUT2D eigenvalue weighted by Gasteiger charge is -2.18. The van der Waals surface area contributed by atoms with E-state index >= 15 is 0 Å². The Kier molecular flexibility index (Phi) is 5.74. The lowest BCUT2D eigenvalue weighted by atomic mass is 10.2. The predicted octanol–water partition coefficient (Wildman–Crippen LogP) is 2.29. The van der Waals surface area contributed by atoms with Crippen molar-refractivity contribution in [3.05, 3.63) is 46.6 Å². The maximum absolute atomic E-state index is 12.3. The molecule has 2 aromatic rings. The highest BCUT2D eigenvalue weighted by molar-refractivity contribution is 7.91. The number of nitrogens with zero attached hydrogens (tertiary/aromatic N) is 2. The molecule has 1 atom stereocenters. The van der Waals surface area contributed by atoms with Crippen LogP contribution in [0.5, 0.6) is 0 Å². The van der Waals surface area contributed by atoms with E-state index < -0.39 is 15.9 Å². The van der Waals surface area contributed by atoms with E-state index in [1.807, 2.05) is 6.07 Å². The van der Waals surface area contributed by atoms with Gasteiger partial charge in [0.15, 0.2) is 0 Å². The van der Waals surface area contributed by atoms with Crippen LogP contribution in [0.1, 0.15) is 18.7 Å². The minimum atomic E-state index is -3.72. The number of amides is 1. The second-order valence-corrected chi connectivity index (χ2v) is 8.85. The van der Waals surface area contributed by atoms with Crippen LogP contribution >= 0.6 is 22.9 Å². The quantitative estimate of drug-likeness (QED) is 0.842. The number of rotatable bonds is 6. The van der Waals surface area contributed by atoms with Gasteiger partial charge in [0, 0.05) is 13.2 Å². The summed E-state index contributed by atoms with van der Waals surface area (Å²) in [6.45, 7) is 1.50. The number of pyridine rings is 1. The molecule has 0 aliphatic carbocycles. The van der Waals surface area contributed by atoms with E-state index in [-0.39, 0.29) is 16.8 Å². The number of likely N-dealkylation sites (N-methyl/N-ethyl adjacent to an activating group) is 1. The highest BCUT2D eigenvalue weighted by atomic mass is 35.5. The molecule has 9 heteroatoms. The van der Waals surface area contributed by atoms with E-state index in [4.69, 9.17) is 11.6 Å². The Balaban J connectivity index is 1.99. The summed E-state index contributed by atoms with van der Waals surface area (Å²) >= 11 is 6.72. The SMILES string of the molecule is C[C@@H](NC(=O)CN(C)S(=O)(=O)c1ccc(Cl)s1)c1ccccn1. The van der Waals surface area contributed by atoms with Crippen LogP contribution in [0, 0.1) is 0 Å². The smallest absolute Gasteiger partial charge is 0.252 e. The first-order valence-electron chi connectivity index (χ1n) is 6.72. The molecular formula is C14H16ClN3O3S2. The molecule has 0 saturated carbocycles. The molecular weight excluding hydrogens is 358 g/mol. The highest BCUT2D eigenvalue weighted by Crippen LogP contribution is 2.27. The summed E-state index contributed by atoms with van der Waals surface area (Å²) < 4.78 is 26.1. The highest BCUT2D eigenvalue weighted by Gasteiger charge is 2.25. The van der Waals surface area contributed by atoms with Gasteiger partial charge in [-0.25, -0.2) is 8.42 Å². The fourth-order valence-corrected chi connectivity index (χ4v) is 4.69. The molecule has 6 nitrogen and oxygen atoms in total. The summed E-state index contributed by atoms with van der Waals surface area (Å²) in [6, 6.07) is 8.02. The van der Waals surface area contributed by atoms with Crippen molar-refractivity contribution in [2.75, 3.05) is 13.6 Å². The molecule has 2 aromatic heterocycles. The Morgan fingerprint density at radius 1 is 1.39 bits per heavy atom. The Morgan fingerprint density at radius 3 is 2.70 bits per heavy atom. The first kappa shape index (κ1) is 17.9. The summed E-state index contributed by atoms with van der Waals surface area (Å²) in [5, 5.41) is 2.73. The molecule has 0 radical (unpaired) electrons. The third-order valence-electron chi connectivity index (χ3n) is 3.09. The summed E-state index contributed by atoms with van der Waals surface area (Å²) in [5.41, 5.74) is 0.705. The minimum absolute atomic E-state index is 0.107. The molecule has 1 amide bonds. The van der Waals surface area contributed by atoms with Gasteiger partial charge in [0.2, 0.25) is 5.91 Å². The zero-order chi connectivity index (χ0) is 17.0. The maximum Gasteiger partial charge on any atom is 0.252 e. The van der Waals surface area contributed by atoms with E-state index in [1.54, 1.807) is 25.3 Å². The molecule has 2 heterocycles. The molecule has 0 aromatic carbocycles. The molecule has 1 N–H and O–H groups in total. The molecule has 0 bridgehead atoms. The third kappa shape index (κ3) is 4.51. The predicted molar refractivity (Wildman–Crippen MR) is 89.9 cm³/mol. The van der Waals surface area contributed by atoms with Gasteiger partial charge >= 0.3 is 0 Å². The normalized spacial score (nSPS) is 13.0. The van der Waals surface area contributed by atoms with Crippen LogP contribution in [-0.2, 0) is 14.8 Å². The second kappa shape index (κ2) is 7.39. The molecule has 124 valence electrons. The average Bonchev–Trinajstić information content (AvgIpc) is 2.95. The van der Waals surface area contributed by atoms with Crippen molar-refractivity contribution in [1.82, 2.24) is 14.6 Å². The van der Waals surface area contributed by atoms with E-state index in [0.29, 0.717) is 10.0 Å². The Labute approximate surface area is 144 Å². The van der Waals surface area contributed by atoms with Gasteiger partial charge in [-0.2, -0.15) is 4.31 Å². The van der Waals surface area contributed by atoms with E-state index in [0.717, 1.165) is 15.6 Å². The maximum atomic E-state index is 12.3. The fraction of sp³-hybridized carbons (Fsp3) is 0.286. The van der Waals surface area contributed by atoms with E-state index in [1.165, 1.54) is 19.2 Å². The van der Waals surface area contributed by atoms with Crippen LogP contribution < -0.4 is 5.32 Å². The van der Waals surface area contributed by atoms with Gasteiger partial charge in [-0.15, -0.1) is 11.3 Å². The van der Waals surface area contributed by atoms with Gasteiger partial charge in [-0.3, -0.25) is 9.78 Å². The number of hydrogen-bond donors (Lipinski definition) is 1. The summed E-state index contributed by atoms with van der Waals surface area (Å²) in [4.78, 5) is 16.2. The molecule has 0 unspecified atom stereocenters. The third-order valence-corrected chi connectivity index (χ3v) is 6.59. The monoisotopic (exact) mass is 373 g/mol. The Hall–Kier alpha value is -1.48. The Morgan fingerprint density at radius 2 is 2.13 bits per heavy atom. The van der Waals surface area contributed by atoms with E-state index in [9.17, 15) is 13.2 Å². The molecule has 0 fully saturated rings. The van der Waals surface area contributed by atoms with Gasteiger partial charge in [-0.1, -0.05) is 17.7 Å². The van der Waals surface area contributed by atoms with Crippen molar-refractivity contribution in [3.8, 4) is 0 Å². The van der Waals surface area contributed by atoms with Crippen molar-refractivity contribution in [2.24, 2.45) is 0 Å². The van der Waals surface area contributed by atoms with Crippen molar-refractivity contribution in [3.63, 3.8) is 0 Å². The van der Waals surface area contributed by atoms with Gasteiger partial charge in [0.1, 0.15) is 4.21 Å². The standard InChI is InChI=1S/C14H16ClN3O3S2/c1-10(11-5-3-4-8-16-11)17-13(19)9-18(2)23(20,21)14-7-6-12(15)22-14/h3-8,10H,9H2,1-2H3,(H,17,19)/t10-/m1/s1. The first-order valence-corrected chi connectivity index (χ1v) is 9.36. The molecule has 0 saturated heterocycles. The molecule has 23 heavy (non-hydrogen) atoms. The first-order chi connectivity index (χ1) is 10.8. The lowest BCUT2D eigenvalue weighted by Crippen LogP contribution is -2.39. The van der Waals surface area contributed by atoms with Crippen LogP contribution in [0.3, 0.4) is 0 Å². The number of halogens is 1. The topological polar surface area (TPSA) is 79.4 Å². The van der Waals surface area contributed by atoms with Crippen LogP contribution in [-0.4, -0.2) is 37.2 Å². The van der Waals surface area contributed by atoms with Crippen molar-refractivity contribution < 1.29 is 13.2 Å². The van der Waals surface area contributed by atoms with Gasteiger partial charge in [0.25, 0.3) is 10.0 Å². The van der Waals surface area contributed by atoms with Crippen molar-refractivity contribution >= 4 is 38.9 Å². The summed E-state index contributed by atoms with van der Waals surface area (Å²) in [6.07, 6.45) is 1.63. The minimum Gasteiger partial charge on any atom is -0.347 e. The van der Waals surface area contributed by atoms with Gasteiger partial charge < -0.3 is 5.32 Å². The number of thiophene rings is 1. The fourth-order valence-electron chi connectivity index (χ4n) is 1.87. The van der Waals surface area contributed by atoms with Gasteiger partial charge in [-0.05, 0) is 31.2 Å². The molecule has 0 aliphatic heterocycles. The van der Waals surface area contributed by atoms with Crippen LogP contribution in [0.25, 0.3) is 0 Å². The van der Waals surface area contributed by atoms with Crippen molar-refractivity contribution in [1.29, 1.82) is 0 Å². The van der Waals surface area contributed by atoms with Crippen molar-refractivity contribution in [2.45, 2.75) is 17.2 Å². The summed E-state index contributed by atoms with van der Waals surface area (Å²) in [7, 11) is -2.37. The van der Waals surface area contributed by atoms with E-state index in [2.05, 4.69) is 10.3 Å². The number of carbonyl (C=O) groups is 1. The van der Waals surface area contributed by atoms with Crippen LogP contribution in [0.15, 0.2) is 40.7 Å². The lowest BCUT2D eigenvalue weighted by molar-refractivity contribution is -0.121. The zero-order valence-electron chi connectivity index (χ0n) is 12.6. The number of sulfonamides is 1. The number of nitrogens with one attached hydrogen (secondary N) is 1. The largest absolute Gasteiger partial charge is 0.347 e. The Bertz CT molecular complexity index is 778. The van der Waals surface area contributed by atoms with Crippen LogP contribution in [0.4, 0.5) is 0 Å². The molecule has 0 spiro atoms. The number of hydrogen-bond acceptors (Lipinski definition) is 5. The zero-order valence-corrected chi connectivity index (χ0v) is 15.0. The number of carbonyl (C=O) groups excluding carboxylic acids is 1. The molecule has 2 rings (SSSR count). The second-order valence-electron chi connectivity index (χ2n) is 4.86. The van der Waals surface area contributed by atoms with Gasteiger partial charge in [0.05, 0.1) is 22.6 Å². The number of aromatic nitrogens is 1. The van der Waals surface area contributed by atoms with Crippen LogP contribution in [0.2, 0.25) is 4.34 Å². The average molecular weight is 374 g/mol.